The Bertz CT molecular complexity index is 765. The Kier molecular flexibility index (Phi) is 4.04. The van der Waals surface area contributed by atoms with Gasteiger partial charge in [-0.2, -0.15) is 0 Å². The number of nitrogens with zero attached hydrogens (tertiary/aromatic N) is 2. The molecule has 0 saturated heterocycles. The number of fused-ring (bicyclic) bond motifs is 1. The van der Waals surface area contributed by atoms with Crippen molar-refractivity contribution in [3.05, 3.63) is 46.5 Å². The van der Waals surface area contributed by atoms with Gasteiger partial charge in [0.05, 0.1) is 5.69 Å². The number of ether oxygens (including phenoxy) is 1. The number of benzene rings is 1. The zero-order valence-electron chi connectivity index (χ0n) is 12.5. The first kappa shape index (κ1) is 14.5. The summed E-state index contributed by atoms with van der Waals surface area (Å²) in [6.07, 6.45) is 3.97. The van der Waals surface area contributed by atoms with Crippen LogP contribution in [0.1, 0.15) is 32.0 Å². The molecule has 0 atom stereocenters. The van der Waals surface area contributed by atoms with E-state index in [9.17, 15) is 9.59 Å². The number of rotatable bonds is 2. The third-order valence-electron chi connectivity index (χ3n) is 3.79. The quantitative estimate of drug-likeness (QED) is 0.631. The lowest BCUT2D eigenvalue weighted by Gasteiger charge is -2.12. The fourth-order valence-electron chi connectivity index (χ4n) is 2.77. The second kappa shape index (κ2) is 6.13. The standard InChI is InChI=1S/C17H18N2O3/c1-12(20)22-15-8-5-4-7-13(15)14-11-17(21)19-10-6-2-3-9-16(19)18-14/h4-5,7-8,11H,2-3,6,9-10H2,1H3. The summed E-state index contributed by atoms with van der Waals surface area (Å²) in [4.78, 5) is 28.2. The molecule has 3 rings (SSSR count). The van der Waals surface area contributed by atoms with Crippen molar-refractivity contribution in [2.24, 2.45) is 0 Å². The molecular formula is C17H18N2O3. The van der Waals surface area contributed by atoms with Crippen molar-refractivity contribution in [2.75, 3.05) is 0 Å². The number of aryl methyl sites for hydroxylation is 1. The number of aromatic nitrogens is 2. The Morgan fingerprint density at radius 1 is 1.23 bits per heavy atom. The van der Waals surface area contributed by atoms with E-state index in [-0.39, 0.29) is 11.5 Å². The third-order valence-corrected chi connectivity index (χ3v) is 3.79. The Balaban J connectivity index is 2.10. The summed E-state index contributed by atoms with van der Waals surface area (Å²) in [5.41, 5.74) is 1.19. The van der Waals surface area contributed by atoms with E-state index in [1.165, 1.54) is 13.0 Å². The molecule has 0 radical (unpaired) electrons. The molecule has 1 aromatic carbocycles. The highest BCUT2D eigenvalue weighted by atomic mass is 16.5. The van der Waals surface area contributed by atoms with E-state index >= 15 is 0 Å². The number of hydrogen-bond donors (Lipinski definition) is 0. The van der Waals surface area contributed by atoms with E-state index in [0.717, 1.165) is 38.1 Å². The van der Waals surface area contributed by atoms with E-state index in [1.807, 2.05) is 12.1 Å². The second-order valence-electron chi connectivity index (χ2n) is 5.45. The lowest BCUT2D eigenvalue weighted by atomic mass is 10.1. The largest absolute Gasteiger partial charge is 0.426 e. The molecule has 1 aromatic heterocycles. The van der Waals surface area contributed by atoms with Crippen molar-refractivity contribution < 1.29 is 9.53 Å². The summed E-state index contributed by atoms with van der Waals surface area (Å²) in [6, 6.07) is 8.68. The molecule has 114 valence electrons. The number of para-hydroxylation sites is 1. The smallest absolute Gasteiger partial charge is 0.308 e. The van der Waals surface area contributed by atoms with Gasteiger partial charge < -0.3 is 4.74 Å². The van der Waals surface area contributed by atoms with E-state index in [4.69, 9.17) is 4.74 Å². The van der Waals surface area contributed by atoms with Crippen molar-refractivity contribution in [1.29, 1.82) is 0 Å². The van der Waals surface area contributed by atoms with E-state index < -0.39 is 0 Å². The Morgan fingerprint density at radius 3 is 2.86 bits per heavy atom. The predicted molar refractivity (Wildman–Crippen MR) is 82.8 cm³/mol. The van der Waals surface area contributed by atoms with Crippen LogP contribution in [-0.4, -0.2) is 15.5 Å². The molecule has 0 N–H and O–H groups in total. The molecule has 0 spiro atoms. The number of carbonyl (C=O) groups excluding carboxylic acids is 1. The van der Waals surface area contributed by atoms with Gasteiger partial charge >= 0.3 is 5.97 Å². The maximum Gasteiger partial charge on any atom is 0.308 e. The molecule has 5 heteroatoms. The van der Waals surface area contributed by atoms with E-state index in [0.29, 0.717) is 17.0 Å². The molecule has 0 fully saturated rings. The fourth-order valence-corrected chi connectivity index (χ4v) is 2.77. The van der Waals surface area contributed by atoms with Gasteiger partial charge in [-0.1, -0.05) is 18.6 Å². The van der Waals surface area contributed by atoms with Gasteiger partial charge in [0.1, 0.15) is 11.6 Å². The van der Waals surface area contributed by atoms with Crippen LogP contribution in [0.25, 0.3) is 11.3 Å². The van der Waals surface area contributed by atoms with Crippen LogP contribution in [0.5, 0.6) is 5.75 Å². The van der Waals surface area contributed by atoms with Gasteiger partial charge in [0.2, 0.25) is 0 Å². The van der Waals surface area contributed by atoms with Gasteiger partial charge in [0.25, 0.3) is 5.56 Å². The Labute approximate surface area is 128 Å². The molecule has 0 amide bonds. The van der Waals surface area contributed by atoms with Crippen LogP contribution in [-0.2, 0) is 17.8 Å². The molecule has 22 heavy (non-hydrogen) atoms. The lowest BCUT2D eigenvalue weighted by Crippen LogP contribution is -2.24. The highest BCUT2D eigenvalue weighted by Crippen LogP contribution is 2.28. The van der Waals surface area contributed by atoms with E-state index in [2.05, 4.69) is 4.98 Å². The Morgan fingerprint density at radius 2 is 2.05 bits per heavy atom. The van der Waals surface area contributed by atoms with Crippen molar-refractivity contribution in [3.8, 4) is 17.0 Å². The molecule has 0 unspecified atom stereocenters. The number of hydrogen-bond acceptors (Lipinski definition) is 4. The van der Waals surface area contributed by atoms with Gasteiger partial charge in [-0.05, 0) is 25.0 Å². The summed E-state index contributed by atoms with van der Waals surface area (Å²) >= 11 is 0. The lowest BCUT2D eigenvalue weighted by molar-refractivity contribution is -0.131. The van der Waals surface area contributed by atoms with Gasteiger partial charge in [-0.3, -0.25) is 14.2 Å². The summed E-state index contributed by atoms with van der Waals surface area (Å²) in [5.74, 6) is 0.858. The SMILES string of the molecule is CC(=O)Oc1ccccc1-c1cc(=O)n2c(n1)CCCCC2. The number of carbonyl (C=O) groups is 1. The molecule has 2 aromatic rings. The zero-order valence-corrected chi connectivity index (χ0v) is 12.5. The first-order valence-corrected chi connectivity index (χ1v) is 7.54. The number of esters is 1. The van der Waals surface area contributed by atoms with Gasteiger partial charge in [0, 0.05) is 31.5 Å². The van der Waals surface area contributed by atoms with Crippen LogP contribution in [0, 0.1) is 0 Å². The van der Waals surface area contributed by atoms with Gasteiger partial charge in [-0.25, -0.2) is 4.98 Å². The maximum atomic E-state index is 12.4. The zero-order chi connectivity index (χ0) is 15.5. The highest BCUT2D eigenvalue weighted by molar-refractivity contribution is 5.75. The Hall–Kier alpha value is -2.43. The van der Waals surface area contributed by atoms with Crippen molar-refractivity contribution >= 4 is 5.97 Å². The summed E-state index contributed by atoms with van der Waals surface area (Å²) in [7, 11) is 0. The first-order chi connectivity index (χ1) is 10.6. The molecule has 0 aliphatic carbocycles. The van der Waals surface area contributed by atoms with Gasteiger partial charge in [-0.15, -0.1) is 0 Å². The molecular weight excluding hydrogens is 280 g/mol. The minimum Gasteiger partial charge on any atom is -0.426 e. The summed E-state index contributed by atoms with van der Waals surface area (Å²) in [6.45, 7) is 2.09. The van der Waals surface area contributed by atoms with Crippen molar-refractivity contribution in [2.45, 2.75) is 39.2 Å². The van der Waals surface area contributed by atoms with E-state index in [1.54, 1.807) is 16.7 Å². The normalized spacial score (nSPS) is 14.0. The average molecular weight is 298 g/mol. The summed E-state index contributed by atoms with van der Waals surface area (Å²) in [5, 5.41) is 0. The highest BCUT2D eigenvalue weighted by Gasteiger charge is 2.15. The van der Waals surface area contributed by atoms with Crippen molar-refractivity contribution in [1.82, 2.24) is 9.55 Å². The molecule has 2 heterocycles. The van der Waals surface area contributed by atoms with Crippen LogP contribution in [0.2, 0.25) is 0 Å². The maximum absolute atomic E-state index is 12.4. The van der Waals surface area contributed by atoms with Crippen LogP contribution >= 0.6 is 0 Å². The van der Waals surface area contributed by atoms with Gasteiger partial charge in [0.15, 0.2) is 0 Å². The fraction of sp³-hybridized carbons (Fsp3) is 0.353. The monoisotopic (exact) mass is 298 g/mol. The topological polar surface area (TPSA) is 61.2 Å². The van der Waals surface area contributed by atoms with Crippen LogP contribution in [0.4, 0.5) is 0 Å². The van der Waals surface area contributed by atoms with Crippen LogP contribution in [0.15, 0.2) is 35.1 Å². The molecule has 5 nitrogen and oxygen atoms in total. The van der Waals surface area contributed by atoms with Crippen molar-refractivity contribution in [3.63, 3.8) is 0 Å². The molecule has 1 aliphatic rings. The molecule has 0 saturated carbocycles. The van der Waals surface area contributed by atoms with Crippen LogP contribution < -0.4 is 10.3 Å². The average Bonchev–Trinajstić information content (AvgIpc) is 2.73. The predicted octanol–water partition coefficient (Wildman–Crippen LogP) is 2.56. The second-order valence-corrected chi connectivity index (χ2v) is 5.45. The summed E-state index contributed by atoms with van der Waals surface area (Å²) < 4.78 is 6.98. The third kappa shape index (κ3) is 2.93. The molecule has 1 aliphatic heterocycles. The minimum absolute atomic E-state index is 0.0421. The minimum atomic E-state index is -0.390. The first-order valence-electron chi connectivity index (χ1n) is 7.54. The molecule has 0 bridgehead atoms. The van der Waals surface area contributed by atoms with Crippen LogP contribution in [0.3, 0.4) is 0 Å².